The van der Waals surface area contributed by atoms with Gasteiger partial charge in [0.2, 0.25) is 15.9 Å². The van der Waals surface area contributed by atoms with Crippen LogP contribution in [0, 0.1) is 0 Å². The predicted molar refractivity (Wildman–Crippen MR) is 119 cm³/mol. The molecular weight excluding hydrogens is 400 g/mol. The Balaban J connectivity index is 1.62. The van der Waals surface area contributed by atoms with Gasteiger partial charge in [-0.25, -0.2) is 8.42 Å². The van der Waals surface area contributed by atoms with Crippen LogP contribution < -0.4 is 14.4 Å². The van der Waals surface area contributed by atoms with Gasteiger partial charge in [0.05, 0.1) is 11.9 Å². The number of hydrogen-bond acceptors (Lipinski definition) is 4. The summed E-state index contributed by atoms with van der Waals surface area (Å²) in [5.74, 6) is 0.371. The van der Waals surface area contributed by atoms with Crippen LogP contribution in [-0.4, -0.2) is 33.2 Å². The topological polar surface area (TPSA) is 75.7 Å². The van der Waals surface area contributed by atoms with Crippen LogP contribution in [0.1, 0.15) is 44.1 Å². The highest BCUT2D eigenvalue weighted by Crippen LogP contribution is 2.23. The third kappa shape index (κ3) is 6.76. The second kappa shape index (κ2) is 10.5. The van der Waals surface area contributed by atoms with Crippen molar-refractivity contribution < 1.29 is 17.9 Å². The molecule has 0 radical (unpaired) electrons. The number of carbonyl (C=O) groups is 1. The highest BCUT2D eigenvalue weighted by atomic mass is 32.2. The second-order valence-electron chi connectivity index (χ2n) is 7.79. The minimum Gasteiger partial charge on any atom is -0.489 e. The van der Waals surface area contributed by atoms with Gasteiger partial charge in [0.15, 0.2) is 0 Å². The van der Waals surface area contributed by atoms with Gasteiger partial charge in [-0.05, 0) is 42.7 Å². The van der Waals surface area contributed by atoms with Crippen molar-refractivity contribution in [1.29, 1.82) is 0 Å². The molecule has 0 bridgehead atoms. The summed E-state index contributed by atoms with van der Waals surface area (Å²) in [5.41, 5.74) is 1.50. The van der Waals surface area contributed by atoms with E-state index in [2.05, 4.69) is 5.32 Å². The molecule has 0 heterocycles. The van der Waals surface area contributed by atoms with Crippen molar-refractivity contribution in [2.75, 3.05) is 17.1 Å². The summed E-state index contributed by atoms with van der Waals surface area (Å²) in [7, 11) is -3.60. The Hall–Kier alpha value is -2.54. The SMILES string of the molecule is CS(=O)(=O)N(CC(=O)NC1CCCCCC1)c1ccc(OCc2ccccc2)cc1. The number of sulfonamides is 1. The molecule has 1 N–H and O–H groups in total. The van der Waals surface area contributed by atoms with Crippen LogP contribution in [0.2, 0.25) is 0 Å². The molecule has 1 saturated carbocycles. The van der Waals surface area contributed by atoms with Crippen molar-refractivity contribution in [3.05, 3.63) is 60.2 Å². The molecule has 0 saturated heterocycles. The monoisotopic (exact) mass is 430 g/mol. The Labute approximate surface area is 179 Å². The van der Waals surface area contributed by atoms with Gasteiger partial charge in [0, 0.05) is 6.04 Å². The predicted octanol–water partition coefficient (Wildman–Crippen LogP) is 3.87. The molecule has 1 fully saturated rings. The molecule has 3 rings (SSSR count). The highest BCUT2D eigenvalue weighted by Gasteiger charge is 2.23. The van der Waals surface area contributed by atoms with Crippen LogP contribution in [-0.2, 0) is 21.4 Å². The van der Waals surface area contributed by atoms with Gasteiger partial charge in [0.1, 0.15) is 18.9 Å². The smallest absolute Gasteiger partial charge is 0.240 e. The van der Waals surface area contributed by atoms with Gasteiger partial charge in [0.25, 0.3) is 0 Å². The number of hydrogen-bond donors (Lipinski definition) is 1. The van der Waals surface area contributed by atoms with Gasteiger partial charge in [-0.3, -0.25) is 9.10 Å². The molecule has 6 nitrogen and oxygen atoms in total. The normalized spacial score (nSPS) is 15.2. The van der Waals surface area contributed by atoms with E-state index in [1.165, 1.54) is 12.8 Å². The lowest BCUT2D eigenvalue weighted by molar-refractivity contribution is -0.120. The molecule has 0 aromatic heterocycles. The maximum absolute atomic E-state index is 12.5. The minimum atomic E-state index is -3.60. The number of carbonyl (C=O) groups excluding carboxylic acids is 1. The van der Waals surface area contributed by atoms with Crippen LogP contribution >= 0.6 is 0 Å². The van der Waals surface area contributed by atoms with Crippen molar-refractivity contribution in [2.24, 2.45) is 0 Å². The standard InChI is InChI=1S/C23H30N2O4S/c1-30(27,28)25(17-23(26)24-20-11-7-2-3-8-12-20)21-13-15-22(16-14-21)29-18-19-9-5-4-6-10-19/h4-6,9-10,13-16,20H,2-3,7-8,11-12,17-18H2,1H3,(H,24,26). The highest BCUT2D eigenvalue weighted by molar-refractivity contribution is 7.92. The number of nitrogens with zero attached hydrogens (tertiary/aromatic N) is 1. The Morgan fingerprint density at radius 1 is 1.00 bits per heavy atom. The number of benzene rings is 2. The zero-order valence-corrected chi connectivity index (χ0v) is 18.2. The van der Waals surface area contributed by atoms with Crippen LogP contribution in [0.3, 0.4) is 0 Å². The van der Waals surface area contributed by atoms with E-state index in [-0.39, 0.29) is 18.5 Å². The van der Waals surface area contributed by atoms with E-state index in [0.717, 1.165) is 41.8 Å². The fourth-order valence-electron chi connectivity index (χ4n) is 3.68. The molecule has 0 aliphatic heterocycles. The summed E-state index contributed by atoms with van der Waals surface area (Å²) in [6, 6.07) is 16.7. The number of ether oxygens (including phenoxy) is 1. The Morgan fingerprint density at radius 2 is 1.63 bits per heavy atom. The molecule has 2 aromatic carbocycles. The third-order valence-corrected chi connectivity index (χ3v) is 6.42. The van der Waals surface area contributed by atoms with Crippen molar-refractivity contribution in [3.63, 3.8) is 0 Å². The van der Waals surface area contributed by atoms with E-state index in [9.17, 15) is 13.2 Å². The fourth-order valence-corrected chi connectivity index (χ4v) is 4.53. The van der Waals surface area contributed by atoms with Crippen LogP contribution in [0.4, 0.5) is 5.69 Å². The van der Waals surface area contributed by atoms with E-state index < -0.39 is 10.0 Å². The molecule has 0 atom stereocenters. The van der Waals surface area contributed by atoms with E-state index >= 15 is 0 Å². The molecule has 1 aliphatic carbocycles. The van der Waals surface area contributed by atoms with Gasteiger partial charge in [-0.1, -0.05) is 56.0 Å². The van der Waals surface area contributed by atoms with Crippen LogP contribution in [0.15, 0.2) is 54.6 Å². The van der Waals surface area contributed by atoms with E-state index in [1.807, 2.05) is 30.3 Å². The van der Waals surface area contributed by atoms with Gasteiger partial charge in [-0.15, -0.1) is 0 Å². The first-order valence-electron chi connectivity index (χ1n) is 10.5. The average Bonchev–Trinajstić information content (AvgIpc) is 2.99. The first-order chi connectivity index (χ1) is 14.4. The van der Waals surface area contributed by atoms with E-state index in [4.69, 9.17) is 4.74 Å². The number of anilines is 1. The van der Waals surface area contributed by atoms with Gasteiger partial charge >= 0.3 is 0 Å². The molecule has 1 aliphatic rings. The summed E-state index contributed by atoms with van der Waals surface area (Å²) in [5, 5.41) is 3.01. The molecule has 0 unspecified atom stereocenters. The third-order valence-electron chi connectivity index (χ3n) is 5.28. The number of amides is 1. The number of nitrogens with one attached hydrogen (secondary N) is 1. The maximum atomic E-state index is 12.5. The summed E-state index contributed by atoms with van der Waals surface area (Å²) in [4.78, 5) is 12.5. The molecule has 162 valence electrons. The molecular formula is C23H30N2O4S. The molecule has 0 spiro atoms. The lowest BCUT2D eigenvalue weighted by atomic mass is 10.1. The molecule has 1 amide bonds. The van der Waals surface area contributed by atoms with Crippen molar-refractivity contribution in [1.82, 2.24) is 5.32 Å². The summed E-state index contributed by atoms with van der Waals surface area (Å²) < 4.78 is 31.5. The first kappa shape index (κ1) is 22.2. The minimum absolute atomic E-state index is 0.134. The van der Waals surface area contributed by atoms with Crippen molar-refractivity contribution >= 4 is 21.6 Å². The van der Waals surface area contributed by atoms with Crippen LogP contribution in [0.25, 0.3) is 0 Å². The van der Waals surface area contributed by atoms with E-state index in [1.54, 1.807) is 24.3 Å². The van der Waals surface area contributed by atoms with Gasteiger partial charge < -0.3 is 10.1 Å². The quantitative estimate of drug-likeness (QED) is 0.645. The van der Waals surface area contributed by atoms with Gasteiger partial charge in [-0.2, -0.15) is 0 Å². The van der Waals surface area contributed by atoms with Crippen molar-refractivity contribution in [3.8, 4) is 5.75 Å². The largest absolute Gasteiger partial charge is 0.489 e. The van der Waals surface area contributed by atoms with Crippen molar-refractivity contribution in [2.45, 2.75) is 51.2 Å². The number of rotatable bonds is 8. The Morgan fingerprint density at radius 3 is 2.23 bits per heavy atom. The summed E-state index contributed by atoms with van der Waals surface area (Å²) in [6.45, 7) is 0.208. The van der Waals surface area contributed by atoms with Crippen LogP contribution in [0.5, 0.6) is 5.75 Å². The first-order valence-corrected chi connectivity index (χ1v) is 12.3. The fraction of sp³-hybridized carbons (Fsp3) is 0.435. The Bertz CT molecular complexity index is 906. The summed E-state index contributed by atoms with van der Waals surface area (Å²) in [6.07, 6.45) is 7.62. The Kier molecular flexibility index (Phi) is 7.74. The summed E-state index contributed by atoms with van der Waals surface area (Å²) >= 11 is 0. The van der Waals surface area contributed by atoms with E-state index in [0.29, 0.717) is 18.0 Å². The lowest BCUT2D eigenvalue weighted by Gasteiger charge is -2.24. The molecule has 7 heteroatoms. The second-order valence-corrected chi connectivity index (χ2v) is 9.70. The lowest BCUT2D eigenvalue weighted by Crippen LogP contribution is -2.44. The molecule has 2 aromatic rings. The zero-order chi connectivity index (χ0) is 21.4. The molecule has 30 heavy (non-hydrogen) atoms. The maximum Gasteiger partial charge on any atom is 0.240 e. The zero-order valence-electron chi connectivity index (χ0n) is 17.4. The average molecular weight is 431 g/mol.